The zero-order valence-corrected chi connectivity index (χ0v) is 13.4. The third-order valence-electron chi connectivity index (χ3n) is 3.24. The van der Waals surface area contributed by atoms with E-state index in [0.29, 0.717) is 0 Å². The van der Waals surface area contributed by atoms with E-state index in [9.17, 15) is 0 Å². The molecule has 106 valence electrons. The van der Waals surface area contributed by atoms with Crippen LogP contribution < -0.4 is 4.90 Å². The largest absolute Gasteiger partial charge is 0.371 e. The summed E-state index contributed by atoms with van der Waals surface area (Å²) in [5, 5.41) is 0. The minimum absolute atomic E-state index is 0.850. The monoisotopic (exact) mass is 285 g/mol. The number of hydrogen-bond donors (Lipinski definition) is 0. The standard InChI is InChI=1S/C16H17NS.C2H6/c1-13-11-17(12-13)14-7-9-16(10-8-14)18-15-5-3-2-4-6-15;1-2/h2-10,13H,11-12H2,1H3;1-2H3. The molecule has 0 aromatic heterocycles. The van der Waals surface area contributed by atoms with Crippen LogP contribution in [-0.4, -0.2) is 13.1 Å². The second kappa shape index (κ2) is 7.39. The Morgan fingerprint density at radius 3 is 1.95 bits per heavy atom. The molecule has 1 nitrogen and oxygen atoms in total. The van der Waals surface area contributed by atoms with Crippen molar-refractivity contribution >= 4 is 17.4 Å². The van der Waals surface area contributed by atoms with Crippen molar-refractivity contribution in [2.75, 3.05) is 18.0 Å². The van der Waals surface area contributed by atoms with E-state index in [1.54, 1.807) is 0 Å². The van der Waals surface area contributed by atoms with Gasteiger partial charge in [-0.2, -0.15) is 0 Å². The predicted molar refractivity (Wildman–Crippen MR) is 89.7 cm³/mol. The van der Waals surface area contributed by atoms with Crippen LogP contribution in [0.25, 0.3) is 0 Å². The predicted octanol–water partition coefficient (Wildman–Crippen LogP) is 5.32. The lowest BCUT2D eigenvalue weighted by Gasteiger charge is -2.39. The van der Waals surface area contributed by atoms with E-state index < -0.39 is 0 Å². The number of anilines is 1. The van der Waals surface area contributed by atoms with Gasteiger partial charge in [-0.1, -0.05) is 50.7 Å². The van der Waals surface area contributed by atoms with Gasteiger partial charge in [0, 0.05) is 28.6 Å². The van der Waals surface area contributed by atoms with Crippen molar-refractivity contribution in [2.24, 2.45) is 5.92 Å². The van der Waals surface area contributed by atoms with Gasteiger partial charge in [0.25, 0.3) is 0 Å². The van der Waals surface area contributed by atoms with Gasteiger partial charge >= 0.3 is 0 Å². The topological polar surface area (TPSA) is 3.24 Å². The van der Waals surface area contributed by atoms with E-state index >= 15 is 0 Å². The lowest BCUT2D eigenvalue weighted by Crippen LogP contribution is -2.45. The summed E-state index contributed by atoms with van der Waals surface area (Å²) in [5.41, 5.74) is 1.35. The van der Waals surface area contributed by atoms with Gasteiger partial charge in [-0.15, -0.1) is 0 Å². The van der Waals surface area contributed by atoms with Gasteiger partial charge in [0.15, 0.2) is 0 Å². The Morgan fingerprint density at radius 1 is 0.850 bits per heavy atom. The molecule has 1 saturated heterocycles. The van der Waals surface area contributed by atoms with Crippen LogP contribution in [0.1, 0.15) is 20.8 Å². The number of nitrogens with zero attached hydrogens (tertiary/aromatic N) is 1. The van der Waals surface area contributed by atoms with Crippen molar-refractivity contribution in [1.29, 1.82) is 0 Å². The molecule has 1 aliphatic rings. The minimum atomic E-state index is 0.850. The van der Waals surface area contributed by atoms with E-state index in [2.05, 4.69) is 66.4 Å². The van der Waals surface area contributed by atoms with Crippen LogP contribution in [-0.2, 0) is 0 Å². The van der Waals surface area contributed by atoms with Crippen LogP contribution >= 0.6 is 11.8 Å². The highest BCUT2D eigenvalue weighted by atomic mass is 32.2. The maximum Gasteiger partial charge on any atom is 0.0367 e. The van der Waals surface area contributed by atoms with Gasteiger partial charge in [-0.05, 0) is 42.3 Å². The van der Waals surface area contributed by atoms with E-state index in [1.165, 1.54) is 28.6 Å². The lowest BCUT2D eigenvalue weighted by atomic mass is 10.0. The maximum atomic E-state index is 2.43. The fraction of sp³-hybridized carbons (Fsp3) is 0.333. The maximum absolute atomic E-state index is 2.43. The molecule has 1 fully saturated rings. The average Bonchev–Trinajstić information content (AvgIpc) is 2.48. The highest BCUT2D eigenvalue weighted by Gasteiger charge is 2.22. The zero-order valence-electron chi connectivity index (χ0n) is 12.5. The molecule has 0 saturated carbocycles. The van der Waals surface area contributed by atoms with Crippen molar-refractivity contribution in [3.05, 3.63) is 54.6 Å². The fourth-order valence-electron chi connectivity index (χ4n) is 2.26. The third-order valence-corrected chi connectivity index (χ3v) is 4.26. The molecule has 1 aliphatic heterocycles. The molecule has 20 heavy (non-hydrogen) atoms. The molecule has 3 rings (SSSR count). The minimum Gasteiger partial charge on any atom is -0.371 e. The summed E-state index contributed by atoms with van der Waals surface area (Å²) in [4.78, 5) is 5.03. The Bertz CT molecular complexity index is 501. The molecule has 1 heterocycles. The first-order chi connectivity index (χ1) is 9.81. The molecule has 2 heteroatoms. The molecule has 0 unspecified atom stereocenters. The van der Waals surface area contributed by atoms with Crippen molar-refractivity contribution in [2.45, 2.75) is 30.6 Å². The second-order valence-corrected chi connectivity index (χ2v) is 6.07. The van der Waals surface area contributed by atoms with Gasteiger partial charge in [0.1, 0.15) is 0 Å². The summed E-state index contributed by atoms with van der Waals surface area (Å²) in [7, 11) is 0. The Hall–Kier alpha value is -1.41. The lowest BCUT2D eigenvalue weighted by molar-refractivity contribution is 0.447. The highest BCUT2D eigenvalue weighted by Crippen LogP contribution is 2.30. The Labute approximate surface area is 127 Å². The van der Waals surface area contributed by atoms with Crippen LogP contribution in [0, 0.1) is 5.92 Å². The van der Waals surface area contributed by atoms with Gasteiger partial charge in [0.2, 0.25) is 0 Å². The SMILES string of the molecule is CC.CC1CN(c2ccc(Sc3ccccc3)cc2)C1. The molecule has 2 aromatic carbocycles. The van der Waals surface area contributed by atoms with Crippen LogP contribution in [0.4, 0.5) is 5.69 Å². The smallest absolute Gasteiger partial charge is 0.0367 e. The molecule has 0 spiro atoms. The second-order valence-electron chi connectivity index (χ2n) is 4.92. The summed E-state index contributed by atoms with van der Waals surface area (Å²) in [5.74, 6) is 0.850. The van der Waals surface area contributed by atoms with Crippen LogP contribution in [0.3, 0.4) is 0 Å². The molecule has 0 radical (unpaired) electrons. The summed E-state index contributed by atoms with van der Waals surface area (Å²) in [6, 6.07) is 19.4. The van der Waals surface area contributed by atoms with Gasteiger partial charge in [0.05, 0.1) is 0 Å². The highest BCUT2D eigenvalue weighted by molar-refractivity contribution is 7.99. The van der Waals surface area contributed by atoms with E-state index in [1.807, 2.05) is 25.6 Å². The molecule has 0 aliphatic carbocycles. The van der Waals surface area contributed by atoms with Crippen LogP contribution in [0.5, 0.6) is 0 Å². The Morgan fingerprint density at radius 2 is 1.40 bits per heavy atom. The van der Waals surface area contributed by atoms with E-state index in [4.69, 9.17) is 0 Å². The number of benzene rings is 2. The molecule has 0 bridgehead atoms. The summed E-state index contributed by atoms with van der Waals surface area (Å²) >= 11 is 1.82. The van der Waals surface area contributed by atoms with Crippen LogP contribution in [0.15, 0.2) is 64.4 Å². The van der Waals surface area contributed by atoms with Gasteiger partial charge in [-0.25, -0.2) is 0 Å². The first-order valence-electron chi connectivity index (χ1n) is 7.39. The molecule has 0 N–H and O–H groups in total. The molecule has 2 aromatic rings. The average molecular weight is 285 g/mol. The fourth-order valence-corrected chi connectivity index (χ4v) is 3.10. The van der Waals surface area contributed by atoms with E-state index in [0.717, 1.165) is 5.92 Å². The van der Waals surface area contributed by atoms with Crippen molar-refractivity contribution < 1.29 is 0 Å². The van der Waals surface area contributed by atoms with Crippen molar-refractivity contribution in [1.82, 2.24) is 0 Å². The van der Waals surface area contributed by atoms with Crippen molar-refractivity contribution in [3.63, 3.8) is 0 Å². The number of rotatable bonds is 3. The summed E-state index contributed by atoms with van der Waals surface area (Å²) in [6.45, 7) is 8.70. The van der Waals surface area contributed by atoms with Gasteiger partial charge < -0.3 is 4.90 Å². The normalized spacial score (nSPS) is 14.2. The summed E-state index contributed by atoms with van der Waals surface area (Å²) in [6.07, 6.45) is 0. The summed E-state index contributed by atoms with van der Waals surface area (Å²) < 4.78 is 0. The van der Waals surface area contributed by atoms with Crippen molar-refractivity contribution in [3.8, 4) is 0 Å². The molecular formula is C18H23NS. The Kier molecular flexibility index (Phi) is 5.54. The Balaban J connectivity index is 0.000000704. The molecule has 0 atom stereocenters. The first kappa shape index (κ1) is 15.0. The van der Waals surface area contributed by atoms with E-state index in [-0.39, 0.29) is 0 Å². The first-order valence-corrected chi connectivity index (χ1v) is 8.21. The van der Waals surface area contributed by atoms with Crippen LogP contribution in [0.2, 0.25) is 0 Å². The quantitative estimate of drug-likeness (QED) is 0.751. The zero-order chi connectivity index (χ0) is 14.4. The molecule has 0 amide bonds. The number of hydrogen-bond acceptors (Lipinski definition) is 2. The molecular weight excluding hydrogens is 262 g/mol. The third kappa shape index (κ3) is 3.80. The van der Waals surface area contributed by atoms with Gasteiger partial charge in [-0.3, -0.25) is 0 Å².